The molecule has 0 radical (unpaired) electrons. The molecule has 4 nitrogen and oxygen atoms in total. The van der Waals surface area contributed by atoms with Crippen molar-refractivity contribution in [2.24, 2.45) is 10.9 Å². The van der Waals surface area contributed by atoms with E-state index in [9.17, 15) is 4.39 Å². The molecule has 1 saturated carbocycles. The number of hydrogen-bond acceptors (Lipinski definition) is 2. The van der Waals surface area contributed by atoms with Crippen molar-refractivity contribution in [3.05, 3.63) is 35.6 Å². The fraction of sp³-hybridized carbons (Fsp3) is 0.588. The summed E-state index contributed by atoms with van der Waals surface area (Å²) in [4.78, 5) is 4.16. The van der Waals surface area contributed by atoms with Gasteiger partial charge in [-0.25, -0.2) is 4.39 Å². The molecule has 0 atom stereocenters. The SMILES string of the molecule is CN=C(NCCCOCC1CC1)NCCc1ccccc1F. The number of halogens is 1. The van der Waals surface area contributed by atoms with Gasteiger partial charge in [-0.3, -0.25) is 4.99 Å². The van der Waals surface area contributed by atoms with Gasteiger partial charge in [0.05, 0.1) is 0 Å². The van der Waals surface area contributed by atoms with Crippen LogP contribution in [-0.2, 0) is 11.2 Å². The maximum atomic E-state index is 13.5. The average molecular weight is 307 g/mol. The Labute approximate surface area is 132 Å². The molecule has 0 spiro atoms. The molecule has 1 fully saturated rings. The van der Waals surface area contributed by atoms with Crippen molar-refractivity contribution in [3.63, 3.8) is 0 Å². The van der Waals surface area contributed by atoms with Crippen molar-refractivity contribution < 1.29 is 9.13 Å². The van der Waals surface area contributed by atoms with Crippen molar-refractivity contribution in [1.82, 2.24) is 10.6 Å². The zero-order valence-electron chi connectivity index (χ0n) is 13.3. The third-order valence-corrected chi connectivity index (χ3v) is 3.68. The van der Waals surface area contributed by atoms with E-state index in [-0.39, 0.29) is 5.82 Å². The summed E-state index contributed by atoms with van der Waals surface area (Å²) >= 11 is 0. The van der Waals surface area contributed by atoms with Crippen molar-refractivity contribution in [3.8, 4) is 0 Å². The molecule has 1 aromatic rings. The molecule has 122 valence electrons. The minimum atomic E-state index is -0.153. The second-order valence-corrected chi connectivity index (χ2v) is 5.64. The maximum Gasteiger partial charge on any atom is 0.190 e. The van der Waals surface area contributed by atoms with Crippen LogP contribution in [0.5, 0.6) is 0 Å². The lowest BCUT2D eigenvalue weighted by atomic mass is 10.1. The molecule has 1 aliphatic carbocycles. The Kier molecular flexibility index (Phi) is 7.16. The molecular weight excluding hydrogens is 281 g/mol. The highest BCUT2D eigenvalue weighted by atomic mass is 19.1. The van der Waals surface area contributed by atoms with Crippen molar-refractivity contribution in [1.29, 1.82) is 0 Å². The lowest BCUT2D eigenvalue weighted by Crippen LogP contribution is -2.39. The van der Waals surface area contributed by atoms with Gasteiger partial charge in [0.1, 0.15) is 5.82 Å². The summed E-state index contributed by atoms with van der Waals surface area (Å²) in [5, 5.41) is 6.43. The molecule has 0 heterocycles. The average Bonchev–Trinajstić information content (AvgIpc) is 3.35. The van der Waals surface area contributed by atoms with Crippen LogP contribution in [0, 0.1) is 11.7 Å². The molecule has 0 unspecified atom stereocenters. The number of nitrogens with zero attached hydrogens (tertiary/aromatic N) is 1. The van der Waals surface area contributed by atoms with Crippen molar-refractivity contribution in [2.45, 2.75) is 25.7 Å². The van der Waals surface area contributed by atoms with E-state index in [0.29, 0.717) is 13.0 Å². The molecule has 1 aliphatic rings. The fourth-order valence-corrected chi connectivity index (χ4v) is 2.15. The van der Waals surface area contributed by atoms with Crippen LogP contribution in [0.2, 0.25) is 0 Å². The van der Waals surface area contributed by atoms with Crippen LogP contribution in [-0.4, -0.2) is 39.3 Å². The summed E-state index contributed by atoms with van der Waals surface area (Å²) in [7, 11) is 1.74. The number of ether oxygens (including phenoxy) is 1. The van der Waals surface area contributed by atoms with E-state index in [2.05, 4.69) is 15.6 Å². The molecule has 0 bridgehead atoms. The first-order valence-corrected chi connectivity index (χ1v) is 8.05. The van der Waals surface area contributed by atoms with E-state index in [1.54, 1.807) is 13.1 Å². The minimum Gasteiger partial charge on any atom is -0.381 e. The summed E-state index contributed by atoms with van der Waals surface area (Å²) in [5.74, 6) is 1.42. The quantitative estimate of drug-likeness (QED) is 0.418. The smallest absolute Gasteiger partial charge is 0.190 e. The van der Waals surface area contributed by atoms with Gasteiger partial charge in [-0.15, -0.1) is 0 Å². The minimum absolute atomic E-state index is 0.153. The summed E-state index contributed by atoms with van der Waals surface area (Å²) in [6.07, 6.45) is 4.26. The molecule has 1 aromatic carbocycles. The third-order valence-electron chi connectivity index (χ3n) is 3.68. The Morgan fingerprint density at radius 2 is 2.05 bits per heavy atom. The van der Waals surface area contributed by atoms with Gasteiger partial charge in [0.2, 0.25) is 0 Å². The molecule has 2 N–H and O–H groups in total. The molecule has 0 aromatic heterocycles. The standard InChI is InChI=1S/C17H26FN3O/c1-19-17(20-10-4-12-22-13-14-7-8-14)21-11-9-15-5-2-3-6-16(15)18/h2-3,5-6,14H,4,7-13H2,1H3,(H2,19,20,21). The van der Waals surface area contributed by atoms with Gasteiger partial charge >= 0.3 is 0 Å². The monoisotopic (exact) mass is 307 g/mol. The van der Waals surface area contributed by atoms with Gasteiger partial charge in [0.15, 0.2) is 5.96 Å². The second kappa shape index (κ2) is 9.41. The number of aliphatic imine (C=N–C) groups is 1. The van der Waals surface area contributed by atoms with Crippen LogP contribution in [0.15, 0.2) is 29.3 Å². The van der Waals surface area contributed by atoms with Crippen LogP contribution >= 0.6 is 0 Å². The summed E-state index contributed by atoms with van der Waals surface area (Å²) in [5.41, 5.74) is 0.721. The number of nitrogens with one attached hydrogen (secondary N) is 2. The lowest BCUT2D eigenvalue weighted by Gasteiger charge is -2.12. The zero-order chi connectivity index (χ0) is 15.6. The number of rotatable bonds is 9. The molecule has 0 saturated heterocycles. The van der Waals surface area contributed by atoms with E-state index in [1.165, 1.54) is 18.9 Å². The first-order valence-electron chi connectivity index (χ1n) is 8.05. The molecule has 2 rings (SSSR count). The predicted octanol–water partition coefficient (Wildman–Crippen LogP) is 2.35. The molecule has 22 heavy (non-hydrogen) atoms. The number of hydrogen-bond donors (Lipinski definition) is 2. The Bertz CT molecular complexity index is 475. The van der Waals surface area contributed by atoms with Crippen molar-refractivity contribution >= 4 is 5.96 Å². The van der Waals surface area contributed by atoms with Crippen LogP contribution in [0.4, 0.5) is 4.39 Å². The normalized spacial score (nSPS) is 14.9. The Morgan fingerprint density at radius 3 is 2.77 bits per heavy atom. The van der Waals surface area contributed by atoms with Crippen molar-refractivity contribution in [2.75, 3.05) is 33.4 Å². The molecule has 0 aliphatic heterocycles. The van der Waals surface area contributed by atoms with E-state index in [4.69, 9.17) is 4.74 Å². The van der Waals surface area contributed by atoms with E-state index >= 15 is 0 Å². The summed E-state index contributed by atoms with van der Waals surface area (Å²) in [6.45, 7) is 3.17. The van der Waals surface area contributed by atoms with Crippen LogP contribution in [0.1, 0.15) is 24.8 Å². The highest BCUT2D eigenvalue weighted by Crippen LogP contribution is 2.28. The van der Waals surface area contributed by atoms with Gasteiger partial charge in [-0.1, -0.05) is 18.2 Å². The highest BCUT2D eigenvalue weighted by molar-refractivity contribution is 5.79. The van der Waals surface area contributed by atoms with Gasteiger partial charge < -0.3 is 15.4 Å². The van der Waals surface area contributed by atoms with Gasteiger partial charge in [0, 0.05) is 33.4 Å². The first kappa shape index (κ1) is 16.7. The molecule has 5 heteroatoms. The Balaban J connectivity index is 1.53. The van der Waals surface area contributed by atoms with Gasteiger partial charge in [0.25, 0.3) is 0 Å². The van der Waals surface area contributed by atoms with E-state index in [0.717, 1.165) is 43.6 Å². The largest absolute Gasteiger partial charge is 0.381 e. The van der Waals surface area contributed by atoms with Crippen LogP contribution in [0.3, 0.4) is 0 Å². The van der Waals surface area contributed by atoms with Gasteiger partial charge in [-0.2, -0.15) is 0 Å². The number of benzene rings is 1. The molecular formula is C17H26FN3O. The highest BCUT2D eigenvalue weighted by Gasteiger charge is 2.20. The van der Waals surface area contributed by atoms with Gasteiger partial charge in [-0.05, 0) is 43.2 Å². The van der Waals surface area contributed by atoms with E-state index in [1.807, 2.05) is 12.1 Å². The summed E-state index contributed by atoms with van der Waals surface area (Å²) in [6, 6.07) is 6.86. The third kappa shape index (κ3) is 6.43. The van der Waals surface area contributed by atoms with Crippen LogP contribution in [0.25, 0.3) is 0 Å². The zero-order valence-corrected chi connectivity index (χ0v) is 13.3. The fourth-order valence-electron chi connectivity index (χ4n) is 2.15. The number of guanidine groups is 1. The Hall–Kier alpha value is -1.62. The van der Waals surface area contributed by atoms with E-state index < -0.39 is 0 Å². The lowest BCUT2D eigenvalue weighted by molar-refractivity contribution is 0.123. The topological polar surface area (TPSA) is 45.7 Å². The maximum absolute atomic E-state index is 13.5. The first-order chi connectivity index (χ1) is 10.8. The predicted molar refractivity (Wildman–Crippen MR) is 87.6 cm³/mol. The Morgan fingerprint density at radius 1 is 1.27 bits per heavy atom. The molecule has 0 amide bonds. The van der Waals surface area contributed by atoms with Crippen LogP contribution < -0.4 is 10.6 Å². The second-order valence-electron chi connectivity index (χ2n) is 5.64. The summed E-state index contributed by atoms with van der Waals surface area (Å²) < 4.78 is 19.1.